The molecule has 2 saturated heterocycles. The van der Waals surface area contributed by atoms with Crippen LogP contribution in [0.3, 0.4) is 0 Å². The van der Waals surface area contributed by atoms with E-state index >= 15 is 0 Å². The Morgan fingerprint density at radius 1 is 1.00 bits per heavy atom. The lowest BCUT2D eigenvalue weighted by molar-refractivity contribution is -0.301. The lowest BCUT2D eigenvalue weighted by Crippen LogP contribution is -2.59. The zero-order chi connectivity index (χ0) is 32.4. The van der Waals surface area contributed by atoms with Crippen molar-refractivity contribution in [1.29, 1.82) is 0 Å². The molecule has 0 aliphatic carbocycles. The first-order valence-corrected chi connectivity index (χ1v) is 17.4. The van der Waals surface area contributed by atoms with E-state index < -0.39 is 67.9 Å². The molecule has 254 valence electrons. The van der Waals surface area contributed by atoms with Gasteiger partial charge in [0.25, 0.3) is 0 Å². The molecule has 2 aliphatic heterocycles. The molecule has 0 radical (unpaired) electrons. The van der Waals surface area contributed by atoms with Crippen molar-refractivity contribution in [3.05, 3.63) is 0 Å². The van der Waals surface area contributed by atoms with E-state index in [-0.39, 0.29) is 37.7 Å². The second kappa shape index (κ2) is 18.1. The molecule has 16 heteroatoms. The highest BCUT2D eigenvalue weighted by atomic mass is 32.5. The third-order valence-electron chi connectivity index (χ3n) is 6.83. The molecule has 2 fully saturated rings. The predicted octanol–water partition coefficient (Wildman–Crippen LogP) is 0.494. The van der Waals surface area contributed by atoms with E-state index in [4.69, 9.17) is 44.5 Å². The third-order valence-corrected chi connectivity index (χ3v) is 8.60. The van der Waals surface area contributed by atoms with Crippen LogP contribution in [-0.4, -0.2) is 132 Å². The largest absolute Gasteiger partial charge is 0.394 e. The van der Waals surface area contributed by atoms with Crippen LogP contribution >= 0.6 is 6.72 Å². The number of aliphatic hydroxyl groups is 4. The maximum atomic E-state index is 12.3. The minimum atomic E-state index is -3.61. The van der Waals surface area contributed by atoms with E-state index in [2.05, 4.69) is 5.32 Å². The van der Waals surface area contributed by atoms with Crippen LogP contribution in [0.25, 0.3) is 0 Å². The molecule has 2 unspecified atom stereocenters. The Kier molecular flexibility index (Phi) is 16.3. The van der Waals surface area contributed by atoms with Crippen molar-refractivity contribution in [3.8, 4) is 0 Å². The van der Waals surface area contributed by atoms with Gasteiger partial charge in [-0.3, -0.25) is 9.32 Å². The van der Waals surface area contributed by atoms with Crippen LogP contribution in [0.4, 0.5) is 0 Å². The zero-order valence-corrected chi connectivity index (χ0v) is 27.7. The van der Waals surface area contributed by atoms with E-state index in [1.54, 1.807) is 20.8 Å². The normalized spacial score (nSPS) is 33.1. The summed E-state index contributed by atoms with van der Waals surface area (Å²) in [7, 11) is 1.54. The van der Waals surface area contributed by atoms with Gasteiger partial charge in [0.05, 0.1) is 31.0 Å². The molecule has 10 atom stereocenters. The average Bonchev–Trinajstić information content (AvgIpc) is 3.23. The number of nitrogens with one attached hydrogen (secondary N) is 1. The van der Waals surface area contributed by atoms with Gasteiger partial charge in [0.15, 0.2) is 6.29 Å². The SMILES string of the molecule is CO[C@H]1C(OP(O)(=S)OC(C)(C)C)[C@@H](COC(C)C)O[C@H]1CCCNC(=O)CCCCO[C@H]1O[C@H](CO)[C@@H](O)[C@H](O)[C@@H]1O. The van der Waals surface area contributed by atoms with Crippen LogP contribution in [0.2, 0.25) is 0 Å². The Morgan fingerprint density at radius 3 is 2.30 bits per heavy atom. The van der Waals surface area contributed by atoms with Crippen molar-refractivity contribution in [2.24, 2.45) is 0 Å². The van der Waals surface area contributed by atoms with Crippen molar-refractivity contribution in [3.63, 3.8) is 0 Å². The van der Waals surface area contributed by atoms with Crippen LogP contribution in [0.1, 0.15) is 66.7 Å². The molecule has 2 heterocycles. The number of carbonyl (C=O) groups is 1. The zero-order valence-electron chi connectivity index (χ0n) is 26.0. The van der Waals surface area contributed by atoms with Gasteiger partial charge in [0, 0.05) is 26.7 Å². The first-order chi connectivity index (χ1) is 20.1. The Morgan fingerprint density at radius 2 is 1.70 bits per heavy atom. The van der Waals surface area contributed by atoms with Crippen molar-refractivity contribution in [2.45, 2.75) is 134 Å². The summed E-state index contributed by atoms with van der Waals surface area (Å²) in [6.45, 7) is 5.81. The molecule has 0 aromatic heterocycles. The summed E-state index contributed by atoms with van der Waals surface area (Å²) in [5.74, 6) is -0.131. The van der Waals surface area contributed by atoms with Crippen molar-refractivity contribution in [1.82, 2.24) is 5.32 Å². The molecule has 6 N–H and O–H groups in total. The maximum Gasteiger partial charge on any atom is 0.325 e. The van der Waals surface area contributed by atoms with Crippen LogP contribution in [0, 0.1) is 0 Å². The molecule has 0 saturated carbocycles. The summed E-state index contributed by atoms with van der Waals surface area (Å²) >= 11 is 5.27. The van der Waals surface area contributed by atoms with Gasteiger partial charge in [-0.1, -0.05) is 0 Å². The molecular formula is C27H52NO13PS. The standard InChI is InChI=1S/C27H52NO13PS/c1-16(2)37-15-19-25(40-42(34,43)41-27(3,4)5)24(35-6)17(38-19)10-9-12-28-20(30)11-7-8-13-36-26-23(33)22(32)21(31)18(14-29)39-26/h16-19,21-26,29,31-33H,7-15H2,1-6H3,(H,28,30)(H,34,43)/t17-,18+,19+,21+,22-,23-,24+,25?,26-,42?/m0/s1. The summed E-state index contributed by atoms with van der Waals surface area (Å²) < 4.78 is 40.0. The maximum absolute atomic E-state index is 12.3. The van der Waals surface area contributed by atoms with Gasteiger partial charge in [0.1, 0.15) is 42.7 Å². The smallest absolute Gasteiger partial charge is 0.325 e. The van der Waals surface area contributed by atoms with Crippen molar-refractivity contribution in [2.75, 3.05) is 33.5 Å². The fourth-order valence-corrected chi connectivity index (χ4v) is 7.07. The first kappa shape index (κ1) is 38.8. The highest BCUT2D eigenvalue weighted by Crippen LogP contribution is 2.51. The first-order valence-electron chi connectivity index (χ1n) is 14.8. The summed E-state index contributed by atoms with van der Waals surface area (Å²) in [5.41, 5.74) is -0.703. The molecular weight excluding hydrogens is 609 g/mol. The molecule has 2 rings (SSSR count). The number of rotatable bonds is 18. The minimum absolute atomic E-state index is 0.0400. The molecule has 1 amide bonds. The molecule has 0 aromatic carbocycles. The van der Waals surface area contributed by atoms with E-state index in [9.17, 15) is 30.1 Å². The van der Waals surface area contributed by atoms with Gasteiger partial charge in [-0.2, -0.15) is 0 Å². The fraction of sp³-hybridized carbons (Fsp3) is 0.963. The Labute approximate surface area is 259 Å². The molecule has 43 heavy (non-hydrogen) atoms. The van der Waals surface area contributed by atoms with Gasteiger partial charge in [-0.25, -0.2) is 0 Å². The monoisotopic (exact) mass is 661 g/mol. The number of unbranched alkanes of at least 4 members (excludes halogenated alkanes) is 1. The van der Waals surface area contributed by atoms with E-state index in [1.807, 2.05) is 13.8 Å². The Hall–Kier alpha value is -0.360. The number of carbonyl (C=O) groups excluding carboxylic acids is 1. The van der Waals surface area contributed by atoms with Crippen LogP contribution in [0.5, 0.6) is 0 Å². The molecule has 2 aliphatic rings. The Balaban J connectivity index is 1.75. The van der Waals surface area contributed by atoms with E-state index in [0.717, 1.165) is 0 Å². The minimum Gasteiger partial charge on any atom is -0.394 e. The molecule has 0 bridgehead atoms. The van der Waals surface area contributed by atoms with Crippen LogP contribution in [-0.2, 0) is 49.3 Å². The summed E-state index contributed by atoms with van der Waals surface area (Å²) in [6, 6.07) is 0. The van der Waals surface area contributed by atoms with Crippen LogP contribution in [0.15, 0.2) is 0 Å². The van der Waals surface area contributed by atoms with Crippen molar-refractivity contribution < 1.29 is 62.8 Å². The van der Waals surface area contributed by atoms with Crippen molar-refractivity contribution >= 4 is 24.4 Å². The number of hydrogen-bond acceptors (Lipinski definition) is 13. The number of methoxy groups -OCH3 is 1. The van der Waals surface area contributed by atoms with E-state index in [1.165, 1.54) is 7.11 Å². The predicted molar refractivity (Wildman–Crippen MR) is 159 cm³/mol. The summed E-state index contributed by atoms with van der Waals surface area (Å²) in [4.78, 5) is 23.0. The lowest BCUT2D eigenvalue weighted by atomic mass is 9.99. The summed E-state index contributed by atoms with van der Waals surface area (Å²) in [6.07, 6.45) is -6.37. The van der Waals surface area contributed by atoms with Gasteiger partial charge in [-0.05, 0) is 72.1 Å². The lowest BCUT2D eigenvalue weighted by Gasteiger charge is -2.39. The van der Waals surface area contributed by atoms with Gasteiger partial charge >= 0.3 is 6.72 Å². The topological polar surface area (TPSA) is 195 Å². The highest BCUT2D eigenvalue weighted by Gasteiger charge is 2.48. The van der Waals surface area contributed by atoms with Gasteiger partial charge in [0.2, 0.25) is 5.91 Å². The molecule has 0 spiro atoms. The number of amides is 1. The Bertz CT molecular complexity index is 876. The molecule has 14 nitrogen and oxygen atoms in total. The second-order valence-electron chi connectivity index (χ2n) is 12.1. The number of ether oxygens (including phenoxy) is 5. The fourth-order valence-electron chi connectivity index (χ4n) is 4.80. The molecule has 0 aromatic rings. The summed E-state index contributed by atoms with van der Waals surface area (Å²) in [5, 5.41) is 41.8. The van der Waals surface area contributed by atoms with Gasteiger partial charge < -0.3 is 58.8 Å². The van der Waals surface area contributed by atoms with Gasteiger partial charge in [-0.15, -0.1) is 0 Å². The average molecular weight is 662 g/mol. The quantitative estimate of drug-likeness (QED) is 0.0878. The van der Waals surface area contributed by atoms with E-state index in [0.29, 0.717) is 32.2 Å². The second-order valence-corrected chi connectivity index (χ2v) is 14.8. The third kappa shape index (κ3) is 13.1. The van der Waals surface area contributed by atoms with Crippen LogP contribution < -0.4 is 5.32 Å². The number of hydrogen-bond donors (Lipinski definition) is 6. The number of aliphatic hydroxyl groups excluding tert-OH is 4. The highest BCUT2D eigenvalue weighted by molar-refractivity contribution is 8.07.